The summed E-state index contributed by atoms with van der Waals surface area (Å²) in [4.78, 5) is 29.8. The summed E-state index contributed by atoms with van der Waals surface area (Å²) in [7, 11) is 2.00. The van der Waals surface area contributed by atoms with Crippen molar-refractivity contribution in [3.05, 3.63) is 64.4 Å². The Kier molecular flexibility index (Phi) is 10.5. The van der Waals surface area contributed by atoms with Gasteiger partial charge in [0.1, 0.15) is 11.4 Å². The van der Waals surface area contributed by atoms with Crippen molar-refractivity contribution in [2.45, 2.75) is 72.2 Å². The second-order valence-electron chi connectivity index (χ2n) is 11.1. The molecule has 2 aromatic carbocycles. The predicted molar refractivity (Wildman–Crippen MR) is 157 cm³/mol. The van der Waals surface area contributed by atoms with Crippen LogP contribution >= 0.6 is 0 Å². The minimum atomic E-state index is -0.657. The van der Waals surface area contributed by atoms with E-state index in [2.05, 4.69) is 4.90 Å². The number of fused-ring (bicyclic) bond motifs is 1. The van der Waals surface area contributed by atoms with Crippen LogP contribution in [0.5, 0.6) is 17.2 Å². The molecule has 9 nitrogen and oxygen atoms in total. The molecule has 1 amide bonds. The smallest absolute Gasteiger partial charge is 0.410 e. The highest BCUT2D eigenvalue weighted by Gasteiger charge is 2.28. The van der Waals surface area contributed by atoms with Crippen molar-refractivity contribution in [3.8, 4) is 17.2 Å². The Labute approximate surface area is 236 Å². The summed E-state index contributed by atoms with van der Waals surface area (Å²) in [6.45, 7) is 12.1. The molecule has 3 rings (SSSR count). The van der Waals surface area contributed by atoms with Crippen LogP contribution in [0.1, 0.15) is 53.0 Å². The van der Waals surface area contributed by atoms with Crippen LogP contribution in [0.4, 0.5) is 4.79 Å². The van der Waals surface area contributed by atoms with Crippen LogP contribution in [-0.2, 0) is 17.8 Å². The van der Waals surface area contributed by atoms with Gasteiger partial charge in [-0.3, -0.25) is 4.79 Å². The molecule has 3 aromatic rings. The molecule has 0 aliphatic heterocycles. The molecule has 40 heavy (non-hydrogen) atoms. The summed E-state index contributed by atoms with van der Waals surface area (Å²) in [5.74, 6) is 0.296. The van der Waals surface area contributed by atoms with E-state index in [1.54, 1.807) is 21.6 Å². The van der Waals surface area contributed by atoms with Gasteiger partial charge in [-0.05, 0) is 95.4 Å². The number of nitrogens with zero attached hydrogens (tertiary/aromatic N) is 3. The molecule has 0 radical (unpaired) electrons. The lowest BCUT2D eigenvalue weighted by Crippen LogP contribution is -2.44. The Morgan fingerprint density at radius 1 is 1.00 bits per heavy atom. The lowest BCUT2D eigenvalue weighted by atomic mass is 10.1. The number of rotatable bonds is 12. The van der Waals surface area contributed by atoms with Crippen LogP contribution in [0.15, 0.2) is 53.3 Å². The molecule has 1 unspecified atom stereocenters. The molecular weight excluding hydrogens is 510 g/mol. The number of amides is 1. The zero-order chi connectivity index (χ0) is 29.4. The highest BCUT2D eigenvalue weighted by atomic mass is 16.6. The molecule has 0 saturated carbocycles. The predicted octanol–water partition coefficient (Wildman–Crippen LogP) is 5.35. The van der Waals surface area contributed by atoms with Gasteiger partial charge in [-0.15, -0.1) is 0 Å². The number of hydrogen-bond donors (Lipinski definition) is 2. The third-order valence-corrected chi connectivity index (χ3v) is 6.76. The van der Waals surface area contributed by atoms with Crippen molar-refractivity contribution in [2.75, 3.05) is 26.7 Å². The van der Waals surface area contributed by atoms with E-state index in [4.69, 9.17) is 9.47 Å². The Morgan fingerprint density at radius 3 is 2.38 bits per heavy atom. The van der Waals surface area contributed by atoms with Crippen LogP contribution in [-0.4, -0.2) is 69.1 Å². The molecule has 0 aliphatic rings. The van der Waals surface area contributed by atoms with Gasteiger partial charge >= 0.3 is 6.09 Å². The summed E-state index contributed by atoms with van der Waals surface area (Å²) in [5, 5.41) is 20.6. The third kappa shape index (κ3) is 8.39. The maximum Gasteiger partial charge on any atom is 0.410 e. The lowest BCUT2D eigenvalue weighted by Gasteiger charge is -2.34. The summed E-state index contributed by atoms with van der Waals surface area (Å²) >= 11 is 0. The molecule has 0 aliphatic carbocycles. The summed E-state index contributed by atoms with van der Waals surface area (Å²) in [6.07, 6.45) is 0.969. The molecule has 1 aromatic heterocycles. The summed E-state index contributed by atoms with van der Waals surface area (Å²) in [6, 6.07) is 13.6. The number of aromatic hydroxyl groups is 2. The number of ether oxygens (including phenoxy) is 2. The fraction of sp³-hybridized carbons (Fsp3) is 0.484. The van der Waals surface area contributed by atoms with Gasteiger partial charge in [0.15, 0.2) is 11.5 Å². The van der Waals surface area contributed by atoms with E-state index in [-0.39, 0.29) is 29.6 Å². The van der Waals surface area contributed by atoms with Gasteiger partial charge in [0.2, 0.25) is 0 Å². The number of carbonyl (C=O) groups excluding carboxylic acids is 1. The number of pyridine rings is 1. The van der Waals surface area contributed by atoms with E-state index in [0.717, 1.165) is 16.7 Å². The van der Waals surface area contributed by atoms with Crippen molar-refractivity contribution in [1.29, 1.82) is 0 Å². The first-order valence-electron chi connectivity index (χ1n) is 13.9. The van der Waals surface area contributed by atoms with Crippen LogP contribution in [0.2, 0.25) is 0 Å². The second-order valence-corrected chi connectivity index (χ2v) is 11.1. The summed E-state index contributed by atoms with van der Waals surface area (Å²) in [5.41, 5.74) is 0.811. The fourth-order valence-electron chi connectivity index (χ4n) is 4.61. The first-order valence-corrected chi connectivity index (χ1v) is 13.9. The minimum Gasteiger partial charge on any atom is -0.504 e. The quantitative estimate of drug-likeness (QED) is 0.291. The number of aromatic nitrogens is 1. The van der Waals surface area contributed by atoms with Crippen molar-refractivity contribution in [2.24, 2.45) is 0 Å². The molecule has 1 heterocycles. The molecule has 0 bridgehead atoms. The second kappa shape index (κ2) is 13.6. The van der Waals surface area contributed by atoms with Gasteiger partial charge in [0.25, 0.3) is 5.56 Å². The monoisotopic (exact) mass is 553 g/mol. The number of phenols is 2. The van der Waals surface area contributed by atoms with Gasteiger partial charge in [0, 0.05) is 37.8 Å². The first kappa shape index (κ1) is 30.8. The van der Waals surface area contributed by atoms with E-state index in [9.17, 15) is 19.8 Å². The van der Waals surface area contributed by atoms with E-state index in [0.29, 0.717) is 44.6 Å². The van der Waals surface area contributed by atoms with Crippen LogP contribution in [0.25, 0.3) is 10.9 Å². The average molecular weight is 554 g/mol. The average Bonchev–Trinajstić information content (AvgIpc) is 2.89. The zero-order valence-electron chi connectivity index (χ0n) is 24.5. The van der Waals surface area contributed by atoms with Crippen molar-refractivity contribution < 1.29 is 24.5 Å². The number of likely N-dealkylation sites (N-methyl/N-ethyl adjacent to an activating group) is 1. The Bertz CT molecular complexity index is 1350. The molecule has 0 saturated heterocycles. The molecule has 2 N–H and O–H groups in total. The normalized spacial score (nSPS) is 12.5. The Balaban J connectivity index is 1.72. The van der Waals surface area contributed by atoms with Crippen molar-refractivity contribution in [1.82, 2.24) is 14.4 Å². The number of benzene rings is 2. The first-order chi connectivity index (χ1) is 18.9. The number of phenolic OH excluding ortho intramolecular Hbond substituents is 2. The lowest BCUT2D eigenvalue weighted by molar-refractivity contribution is 0.0117. The maximum atomic E-state index is 13.2. The standard InChI is InChI=1S/C31H43N3O6/c1-7-24(34(30(38)40-31(3,4)5)21-22-9-13-27(35)28(36)19-22)15-16-32(6)17-18-33-26-20-25(39-8-2)12-10-23(26)11-14-29(33)37/h9-14,19-20,24,35-36H,7-8,15-18,21H2,1-6H3. The van der Waals surface area contributed by atoms with Crippen molar-refractivity contribution in [3.63, 3.8) is 0 Å². The van der Waals surface area contributed by atoms with E-state index in [1.165, 1.54) is 12.1 Å². The molecule has 0 fully saturated rings. The van der Waals surface area contributed by atoms with E-state index < -0.39 is 11.7 Å². The fourth-order valence-corrected chi connectivity index (χ4v) is 4.61. The highest BCUT2D eigenvalue weighted by Crippen LogP contribution is 2.27. The molecule has 0 spiro atoms. The van der Waals surface area contributed by atoms with Gasteiger partial charge in [-0.2, -0.15) is 0 Å². The molecule has 218 valence electrons. The Morgan fingerprint density at radius 2 is 1.73 bits per heavy atom. The largest absolute Gasteiger partial charge is 0.504 e. The summed E-state index contributed by atoms with van der Waals surface area (Å²) < 4.78 is 13.1. The van der Waals surface area contributed by atoms with E-state index in [1.807, 2.05) is 65.9 Å². The highest BCUT2D eigenvalue weighted by molar-refractivity contribution is 5.80. The topological polar surface area (TPSA) is 104 Å². The number of carbonyl (C=O) groups is 1. The zero-order valence-corrected chi connectivity index (χ0v) is 24.5. The maximum absolute atomic E-state index is 13.2. The Hall–Kier alpha value is -3.72. The van der Waals surface area contributed by atoms with Crippen molar-refractivity contribution >= 4 is 17.0 Å². The molecular formula is C31H43N3O6. The minimum absolute atomic E-state index is 0.0609. The van der Waals surface area contributed by atoms with Crippen LogP contribution in [0.3, 0.4) is 0 Å². The molecule has 9 heteroatoms. The van der Waals surface area contributed by atoms with Gasteiger partial charge in [-0.25, -0.2) is 4.79 Å². The number of hydrogen-bond acceptors (Lipinski definition) is 7. The van der Waals surface area contributed by atoms with Gasteiger partial charge < -0.3 is 34.1 Å². The van der Waals surface area contributed by atoms with Gasteiger partial charge in [-0.1, -0.05) is 13.0 Å². The van der Waals surface area contributed by atoms with Crippen LogP contribution < -0.4 is 10.3 Å². The SMILES string of the molecule is CCOc1ccc2ccc(=O)n(CCN(C)CCC(CC)N(Cc3ccc(O)c(O)c3)C(=O)OC(C)(C)C)c2c1. The molecule has 1 atom stereocenters. The van der Waals surface area contributed by atoms with Crippen LogP contribution in [0, 0.1) is 0 Å². The third-order valence-electron chi connectivity index (χ3n) is 6.76. The van der Waals surface area contributed by atoms with Gasteiger partial charge in [0.05, 0.1) is 12.1 Å². The van der Waals surface area contributed by atoms with E-state index >= 15 is 0 Å².